The van der Waals surface area contributed by atoms with Crippen LogP contribution in [0.4, 0.5) is 10.1 Å². The number of nitrogens with two attached hydrogens (primary N) is 1. The van der Waals surface area contributed by atoms with Gasteiger partial charge in [0.25, 0.3) is 0 Å². The maximum Gasteiger partial charge on any atom is 0.236 e. The zero-order chi connectivity index (χ0) is 16.1. The zero-order valence-electron chi connectivity index (χ0n) is 11.7. The lowest BCUT2D eigenvalue weighted by atomic mass is 10.3. The van der Waals surface area contributed by atoms with Crippen molar-refractivity contribution in [1.29, 1.82) is 0 Å². The Kier molecular flexibility index (Phi) is 6.11. The molecule has 0 bridgehead atoms. The summed E-state index contributed by atoms with van der Waals surface area (Å²) in [7, 11) is -7.21. The van der Waals surface area contributed by atoms with Crippen LogP contribution in [0.3, 0.4) is 0 Å². The summed E-state index contributed by atoms with van der Waals surface area (Å²) in [6.45, 7) is 0.410. The van der Waals surface area contributed by atoms with Gasteiger partial charge in [-0.25, -0.2) is 21.2 Å². The highest BCUT2D eigenvalue weighted by molar-refractivity contribution is 7.95. The Bertz CT molecular complexity index is 657. The van der Waals surface area contributed by atoms with Crippen molar-refractivity contribution in [2.75, 3.05) is 35.2 Å². The molecule has 1 aromatic carbocycles. The van der Waals surface area contributed by atoms with Crippen molar-refractivity contribution in [3.05, 3.63) is 30.1 Å². The van der Waals surface area contributed by atoms with Crippen LogP contribution >= 0.6 is 0 Å². The van der Waals surface area contributed by atoms with Gasteiger partial charge in [0.1, 0.15) is 15.7 Å². The smallest absolute Gasteiger partial charge is 0.236 e. The van der Waals surface area contributed by atoms with Gasteiger partial charge in [0.2, 0.25) is 10.0 Å². The monoisotopic (exact) mass is 338 g/mol. The Labute approximate surface area is 124 Å². The van der Waals surface area contributed by atoms with Crippen LogP contribution in [0.5, 0.6) is 0 Å². The number of rotatable bonds is 8. The molecule has 0 saturated carbocycles. The number of halogens is 1. The molecule has 0 aromatic heterocycles. The van der Waals surface area contributed by atoms with Crippen LogP contribution in [0, 0.1) is 5.82 Å². The van der Waals surface area contributed by atoms with E-state index in [4.69, 9.17) is 5.73 Å². The number of sulfonamides is 1. The molecule has 9 heteroatoms. The number of sulfone groups is 1. The molecule has 0 atom stereocenters. The molecule has 0 aliphatic carbocycles. The molecule has 0 aliphatic heterocycles. The molecule has 0 saturated heterocycles. The minimum absolute atomic E-state index is 0.119. The van der Waals surface area contributed by atoms with E-state index in [1.807, 2.05) is 0 Å². The summed E-state index contributed by atoms with van der Waals surface area (Å²) in [5.74, 6) is -1.46. The average molecular weight is 338 g/mol. The van der Waals surface area contributed by atoms with Crippen molar-refractivity contribution < 1.29 is 21.2 Å². The largest absolute Gasteiger partial charge is 0.330 e. The van der Waals surface area contributed by atoms with Crippen LogP contribution in [0.1, 0.15) is 6.42 Å². The first kappa shape index (κ1) is 17.9. The highest BCUT2D eigenvalue weighted by atomic mass is 32.2. The molecule has 0 aliphatic rings. The Balaban J connectivity index is 3.03. The Hall–Kier alpha value is -1.19. The van der Waals surface area contributed by atoms with Gasteiger partial charge in [0.15, 0.2) is 0 Å². The van der Waals surface area contributed by atoms with Crippen molar-refractivity contribution in [3.8, 4) is 0 Å². The fourth-order valence-electron chi connectivity index (χ4n) is 1.64. The fourth-order valence-corrected chi connectivity index (χ4v) is 4.76. The van der Waals surface area contributed by atoms with E-state index in [9.17, 15) is 21.2 Å². The van der Waals surface area contributed by atoms with Gasteiger partial charge in [-0.05, 0) is 37.2 Å². The first-order chi connectivity index (χ1) is 9.65. The molecule has 120 valence electrons. The van der Waals surface area contributed by atoms with Gasteiger partial charge in [-0.2, -0.15) is 0 Å². The third-order valence-corrected chi connectivity index (χ3v) is 5.72. The van der Waals surface area contributed by atoms with E-state index in [1.165, 1.54) is 12.1 Å². The van der Waals surface area contributed by atoms with Gasteiger partial charge in [-0.1, -0.05) is 0 Å². The summed E-state index contributed by atoms with van der Waals surface area (Å²) in [6, 6.07) is 4.97. The van der Waals surface area contributed by atoms with Crippen molar-refractivity contribution in [1.82, 2.24) is 0 Å². The molecule has 2 N–H and O–H groups in total. The van der Waals surface area contributed by atoms with E-state index in [0.29, 0.717) is 18.7 Å². The van der Waals surface area contributed by atoms with E-state index < -0.39 is 37.2 Å². The number of hydrogen-bond acceptors (Lipinski definition) is 5. The van der Waals surface area contributed by atoms with Crippen molar-refractivity contribution in [2.45, 2.75) is 6.42 Å². The second-order valence-corrected chi connectivity index (χ2v) is 8.91. The van der Waals surface area contributed by atoms with Crippen molar-refractivity contribution in [3.63, 3.8) is 0 Å². The predicted octanol–water partition coefficient (Wildman–Crippen LogP) is 0.355. The highest BCUT2D eigenvalue weighted by Gasteiger charge is 2.23. The van der Waals surface area contributed by atoms with Crippen LogP contribution < -0.4 is 10.0 Å². The van der Waals surface area contributed by atoms with Crippen LogP contribution in [0.2, 0.25) is 0 Å². The van der Waals surface area contributed by atoms with Gasteiger partial charge in [0.05, 0.1) is 17.2 Å². The lowest BCUT2D eigenvalue weighted by Crippen LogP contribution is -2.36. The molecule has 1 rings (SSSR count). The summed E-state index contributed by atoms with van der Waals surface area (Å²) in [5, 5.41) is 0. The molecule has 0 amide bonds. The number of hydrogen-bond donors (Lipinski definition) is 1. The Morgan fingerprint density at radius 3 is 2.14 bits per heavy atom. The molecule has 1 aromatic rings. The second-order valence-electron chi connectivity index (χ2n) is 4.64. The van der Waals surface area contributed by atoms with E-state index in [1.54, 1.807) is 0 Å². The summed E-state index contributed by atoms with van der Waals surface area (Å²) in [5.41, 5.74) is 5.68. The number of nitrogens with zero attached hydrogens (tertiary/aromatic N) is 1. The first-order valence-electron chi connectivity index (χ1n) is 6.29. The summed E-state index contributed by atoms with van der Waals surface area (Å²) in [6.07, 6.45) is 1.39. The van der Waals surface area contributed by atoms with Gasteiger partial charge >= 0.3 is 0 Å². The first-order valence-corrected chi connectivity index (χ1v) is 9.96. The quantitative estimate of drug-likeness (QED) is 0.738. The molecular weight excluding hydrogens is 319 g/mol. The van der Waals surface area contributed by atoms with Gasteiger partial charge in [-0.3, -0.25) is 4.31 Å². The highest BCUT2D eigenvalue weighted by Crippen LogP contribution is 2.19. The summed E-state index contributed by atoms with van der Waals surface area (Å²) >= 11 is 0. The van der Waals surface area contributed by atoms with Crippen molar-refractivity contribution >= 4 is 25.5 Å². The van der Waals surface area contributed by atoms with E-state index in [2.05, 4.69) is 0 Å². The maximum absolute atomic E-state index is 12.9. The molecule has 0 radical (unpaired) electrons. The van der Waals surface area contributed by atoms with Crippen LogP contribution in [-0.4, -0.2) is 47.7 Å². The maximum atomic E-state index is 12.9. The minimum atomic E-state index is -3.82. The normalized spacial score (nSPS) is 12.3. The summed E-state index contributed by atoms with van der Waals surface area (Å²) in [4.78, 5) is 0. The van der Waals surface area contributed by atoms with E-state index >= 15 is 0 Å². The van der Waals surface area contributed by atoms with E-state index in [0.717, 1.165) is 22.7 Å². The predicted molar refractivity (Wildman–Crippen MR) is 80.9 cm³/mol. The third-order valence-electron chi connectivity index (χ3n) is 2.73. The summed E-state index contributed by atoms with van der Waals surface area (Å²) < 4.78 is 60.9. The van der Waals surface area contributed by atoms with Crippen LogP contribution in [0.25, 0.3) is 0 Å². The number of anilines is 1. The molecule has 0 heterocycles. The molecule has 0 unspecified atom stereocenters. The van der Waals surface area contributed by atoms with Crippen LogP contribution in [0.15, 0.2) is 24.3 Å². The standard InChI is InChI=1S/C12H19FN2O4S2/c1-20(16,17)9-10-21(18,19)15(8-2-7-14)12-5-3-11(13)4-6-12/h3-6H,2,7-10,14H2,1H3. The molecule has 0 fully saturated rings. The van der Waals surface area contributed by atoms with Crippen molar-refractivity contribution in [2.24, 2.45) is 5.73 Å². The molecule has 0 spiro atoms. The molecule has 6 nitrogen and oxygen atoms in total. The Morgan fingerprint density at radius 2 is 1.67 bits per heavy atom. The van der Waals surface area contributed by atoms with Crippen LogP contribution in [-0.2, 0) is 19.9 Å². The van der Waals surface area contributed by atoms with Gasteiger partial charge in [-0.15, -0.1) is 0 Å². The lowest BCUT2D eigenvalue weighted by molar-refractivity contribution is 0.585. The fraction of sp³-hybridized carbons (Fsp3) is 0.500. The zero-order valence-corrected chi connectivity index (χ0v) is 13.3. The van der Waals surface area contributed by atoms with Gasteiger partial charge in [0, 0.05) is 12.8 Å². The topological polar surface area (TPSA) is 97.5 Å². The lowest BCUT2D eigenvalue weighted by Gasteiger charge is -2.24. The molecular formula is C12H19FN2O4S2. The number of benzene rings is 1. The second kappa shape index (κ2) is 7.19. The minimum Gasteiger partial charge on any atom is -0.330 e. The Morgan fingerprint density at radius 1 is 1.10 bits per heavy atom. The van der Waals surface area contributed by atoms with Gasteiger partial charge < -0.3 is 5.73 Å². The molecule has 21 heavy (non-hydrogen) atoms. The van der Waals surface area contributed by atoms with E-state index in [-0.39, 0.29) is 6.54 Å². The third kappa shape index (κ3) is 5.98. The SMILES string of the molecule is CS(=O)(=O)CCS(=O)(=O)N(CCCN)c1ccc(F)cc1. The average Bonchev–Trinajstić information content (AvgIpc) is 2.38.